The van der Waals surface area contributed by atoms with Crippen LogP contribution in [0.3, 0.4) is 0 Å². The molecule has 0 fully saturated rings. The summed E-state index contributed by atoms with van der Waals surface area (Å²) in [5.74, 6) is 2.05. The van der Waals surface area contributed by atoms with Crippen molar-refractivity contribution in [2.75, 3.05) is 12.8 Å². The zero-order chi connectivity index (χ0) is 11.4. The van der Waals surface area contributed by atoms with E-state index < -0.39 is 0 Å². The van der Waals surface area contributed by atoms with Gasteiger partial charge in [0.25, 0.3) is 0 Å². The summed E-state index contributed by atoms with van der Waals surface area (Å²) in [6, 6.07) is 14.8. The first kappa shape index (κ1) is 13.2. The molecule has 0 aliphatic carbocycles. The number of anilines is 1. The van der Waals surface area contributed by atoms with Crippen molar-refractivity contribution in [2.24, 2.45) is 0 Å². The third kappa shape index (κ3) is 3.29. The van der Waals surface area contributed by atoms with Gasteiger partial charge in [0.05, 0.1) is 7.11 Å². The molecule has 2 aromatic rings. The first-order chi connectivity index (χ1) is 7.79. The van der Waals surface area contributed by atoms with Crippen LogP contribution < -0.4 is 15.2 Å². The highest BCUT2D eigenvalue weighted by atomic mass is 35.5. The molecule has 0 saturated carbocycles. The van der Waals surface area contributed by atoms with E-state index in [0.29, 0.717) is 17.2 Å². The predicted molar refractivity (Wildman–Crippen MR) is 71.2 cm³/mol. The molecule has 2 rings (SSSR count). The Morgan fingerprint density at radius 1 is 0.941 bits per heavy atom. The van der Waals surface area contributed by atoms with Crippen LogP contribution in [0.15, 0.2) is 48.5 Å². The molecule has 3 nitrogen and oxygen atoms in total. The third-order valence-corrected chi connectivity index (χ3v) is 2.16. The van der Waals surface area contributed by atoms with Crippen molar-refractivity contribution in [3.8, 4) is 17.2 Å². The first-order valence-corrected chi connectivity index (χ1v) is 4.96. The Morgan fingerprint density at radius 3 is 2.29 bits per heavy atom. The van der Waals surface area contributed by atoms with Crippen LogP contribution in [0.4, 0.5) is 5.69 Å². The Kier molecular flexibility index (Phi) is 4.67. The number of hydrogen-bond acceptors (Lipinski definition) is 3. The van der Waals surface area contributed by atoms with Crippen LogP contribution in [0.25, 0.3) is 0 Å². The lowest BCUT2D eigenvalue weighted by Crippen LogP contribution is -1.92. The molecule has 17 heavy (non-hydrogen) atoms. The fourth-order valence-corrected chi connectivity index (χ4v) is 1.38. The minimum Gasteiger partial charge on any atom is -0.493 e. The lowest BCUT2D eigenvalue weighted by atomic mass is 10.3. The second-order valence-corrected chi connectivity index (χ2v) is 3.33. The van der Waals surface area contributed by atoms with E-state index in [2.05, 4.69) is 0 Å². The zero-order valence-corrected chi connectivity index (χ0v) is 10.2. The largest absolute Gasteiger partial charge is 0.493 e. The van der Waals surface area contributed by atoms with E-state index >= 15 is 0 Å². The molecule has 0 spiro atoms. The summed E-state index contributed by atoms with van der Waals surface area (Å²) in [6.07, 6.45) is 0. The smallest absolute Gasteiger partial charge is 0.169 e. The van der Waals surface area contributed by atoms with Gasteiger partial charge in [0.15, 0.2) is 11.5 Å². The molecule has 0 unspecified atom stereocenters. The molecular weight excluding hydrogens is 238 g/mol. The van der Waals surface area contributed by atoms with Crippen molar-refractivity contribution < 1.29 is 9.47 Å². The fourth-order valence-electron chi connectivity index (χ4n) is 1.38. The molecule has 0 bridgehead atoms. The van der Waals surface area contributed by atoms with Gasteiger partial charge >= 0.3 is 0 Å². The van der Waals surface area contributed by atoms with Crippen LogP contribution in [0, 0.1) is 0 Å². The molecule has 0 heterocycles. The molecule has 0 saturated heterocycles. The van der Waals surface area contributed by atoms with E-state index in [1.807, 2.05) is 30.3 Å². The quantitative estimate of drug-likeness (QED) is 0.850. The summed E-state index contributed by atoms with van der Waals surface area (Å²) in [6.45, 7) is 0. The number of para-hydroxylation sites is 1. The highest BCUT2D eigenvalue weighted by Crippen LogP contribution is 2.32. The van der Waals surface area contributed by atoms with Gasteiger partial charge in [-0.3, -0.25) is 0 Å². The number of halogens is 1. The molecule has 0 atom stereocenters. The summed E-state index contributed by atoms with van der Waals surface area (Å²) in [4.78, 5) is 0. The van der Waals surface area contributed by atoms with Crippen LogP contribution in [0.1, 0.15) is 0 Å². The van der Waals surface area contributed by atoms with Crippen molar-refractivity contribution in [1.29, 1.82) is 0 Å². The van der Waals surface area contributed by atoms with Gasteiger partial charge in [0, 0.05) is 11.8 Å². The molecule has 0 aliphatic heterocycles. The highest BCUT2D eigenvalue weighted by Gasteiger charge is 2.05. The van der Waals surface area contributed by atoms with E-state index in [0.717, 1.165) is 5.75 Å². The van der Waals surface area contributed by atoms with Gasteiger partial charge in [-0.25, -0.2) is 0 Å². The molecule has 90 valence electrons. The maximum atomic E-state index is 5.67. The summed E-state index contributed by atoms with van der Waals surface area (Å²) in [7, 11) is 1.59. The zero-order valence-electron chi connectivity index (χ0n) is 9.42. The van der Waals surface area contributed by atoms with E-state index in [-0.39, 0.29) is 12.4 Å². The number of nitrogen functional groups attached to an aromatic ring is 1. The van der Waals surface area contributed by atoms with Crippen molar-refractivity contribution in [3.05, 3.63) is 48.5 Å². The molecule has 2 aromatic carbocycles. The summed E-state index contributed by atoms with van der Waals surface area (Å²) >= 11 is 0. The van der Waals surface area contributed by atoms with Gasteiger partial charge < -0.3 is 15.2 Å². The monoisotopic (exact) mass is 251 g/mol. The maximum Gasteiger partial charge on any atom is 0.169 e. The summed E-state index contributed by atoms with van der Waals surface area (Å²) in [5, 5.41) is 0. The van der Waals surface area contributed by atoms with Gasteiger partial charge in [0.2, 0.25) is 0 Å². The highest BCUT2D eigenvalue weighted by molar-refractivity contribution is 5.85. The van der Waals surface area contributed by atoms with Gasteiger partial charge in [0.1, 0.15) is 5.75 Å². The fraction of sp³-hybridized carbons (Fsp3) is 0.0769. The van der Waals surface area contributed by atoms with Crippen LogP contribution >= 0.6 is 12.4 Å². The van der Waals surface area contributed by atoms with Crippen molar-refractivity contribution >= 4 is 18.1 Å². The standard InChI is InChI=1S/C13H13NO2.ClH/c1-15-13-9-10(14)7-8-12(13)16-11-5-3-2-4-6-11;/h2-9H,14H2,1H3;1H. The van der Waals surface area contributed by atoms with Crippen LogP contribution in [-0.4, -0.2) is 7.11 Å². The van der Waals surface area contributed by atoms with Crippen LogP contribution in [-0.2, 0) is 0 Å². The number of ether oxygens (including phenoxy) is 2. The van der Waals surface area contributed by atoms with E-state index in [1.54, 1.807) is 25.3 Å². The molecule has 0 amide bonds. The van der Waals surface area contributed by atoms with Crippen molar-refractivity contribution in [1.82, 2.24) is 0 Å². The molecule has 4 heteroatoms. The Bertz CT molecular complexity index is 474. The lowest BCUT2D eigenvalue weighted by Gasteiger charge is -2.10. The molecule has 0 radical (unpaired) electrons. The van der Waals surface area contributed by atoms with Crippen molar-refractivity contribution in [2.45, 2.75) is 0 Å². The normalized spacial score (nSPS) is 9.24. The van der Waals surface area contributed by atoms with E-state index in [9.17, 15) is 0 Å². The second kappa shape index (κ2) is 6.01. The minimum absolute atomic E-state index is 0. The number of rotatable bonds is 3. The number of hydrogen-bond donors (Lipinski definition) is 1. The Hall–Kier alpha value is -1.87. The van der Waals surface area contributed by atoms with E-state index in [1.165, 1.54) is 0 Å². The first-order valence-electron chi connectivity index (χ1n) is 4.96. The van der Waals surface area contributed by atoms with Crippen LogP contribution in [0.2, 0.25) is 0 Å². The Morgan fingerprint density at radius 2 is 1.65 bits per heavy atom. The summed E-state index contributed by atoms with van der Waals surface area (Å²) < 4.78 is 10.9. The van der Waals surface area contributed by atoms with Gasteiger partial charge in [-0.2, -0.15) is 0 Å². The number of methoxy groups -OCH3 is 1. The number of benzene rings is 2. The van der Waals surface area contributed by atoms with Crippen LogP contribution in [0.5, 0.6) is 17.2 Å². The van der Waals surface area contributed by atoms with Gasteiger partial charge in [-0.05, 0) is 24.3 Å². The Labute approximate surface area is 107 Å². The molecular formula is C13H14ClNO2. The predicted octanol–water partition coefficient (Wildman–Crippen LogP) is 3.49. The second-order valence-electron chi connectivity index (χ2n) is 3.33. The van der Waals surface area contributed by atoms with E-state index in [4.69, 9.17) is 15.2 Å². The molecule has 0 aromatic heterocycles. The summed E-state index contributed by atoms with van der Waals surface area (Å²) in [5.41, 5.74) is 6.31. The number of nitrogens with two attached hydrogens (primary N) is 1. The maximum absolute atomic E-state index is 5.67. The SMILES string of the molecule is COc1cc(N)ccc1Oc1ccccc1.Cl. The Balaban J connectivity index is 0.00000144. The third-order valence-electron chi connectivity index (χ3n) is 2.16. The topological polar surface area (TPSA) is 44.5 Å². The average molecular weight is 252 g/mol. The molecule has 0 aliphatic rings. The van der Waals surface area contributed by atoms with Crippen molar-refractivity contribution in [3.63, 3.8) is 0 Å². The average Bonchev–Trinajstić information content (AvgIpc) is 2.33. The molecule has 2 N–H and O–H groups in total. The minimum atomic E-state index is 0. The van der Waals surface area contributed by atoms with Gasteiger partial charge in [-0.15, -0.1) is 12.4 Å². The lowest BCUT2D eigenvalue weighted by molar-refractivity contribution is 0.379. The van der Waals surface area contributed by atoms with Gasteiger partial charge in [-0.1, -0.05) is 18.2 Å².